The zero-order chi connectivity index (χ0) is 13.6. The van der Waals surface area contributed by atoms with Gasteiger partial charge in [-0.2, -0.15) is 4.39 Å². The van der Waals surface area contributed by atoms with Gasteiger partial charge in [-0.1, -0.05) is 0 Å². The number of carbonyl (C=O) groups excluding carboxylic acids is 1. The van der Waals surface area contributed by atoms with Crippen molar-refractivity contribution in [2.75, 3.05) is 5.32 Å². The third-order valence-electron chi connectivity index (χ3n) is 2.82. The van der Waals surface area contributed by atoms with Crippen molar-refractivity contribution < 1.29 is 9.18 Å². The van der Waals surface area contributed by atoms with Crippen molar-refractivity contribution >= 4 is 22.9 Å². The Kier molecular flexibility index (Phi) is 2.56. The summed E-state index contributed by atoms with van der Waals surface area (Å²) in [5.74, 6) is -0.633. The highest BCUT2D eigenvalue weighted by Crippen LogP contribution is 2.37. The summed E-state index contributed by atoms with van der Waals surface area (Å²) < 4.78 is 13.1. The van der Waals surface area contributed by atoms with Crippen LogP contribution in [0.3, 0.4) is 0 Å². The number of hydrogen-bond acceptors (Lipinski definition) is 4. The van der Waals surface area contributed by atoms with Crippen molar-refractivity contribution in [3.8, 4) is 10.4 Å². The molecule has 0 aromatic carbocycles. The van der Waals surface area contributed by atoms with Gasteiger partial charge in [-0.05, 0) is 31.5 Å². The van der Waals surface area contributed by atoms with E-state index in [9.17, 15) is 9.18 Å². The van der Waals surface area contributed by atoms with E-state index in [1.165, 1.54) is 23.6 Å². The van der Waals surface area contributed by atoms with Gasteiger partial charge in [-0.15, -0.1) is 11.3 Å². The quantitative estimate of drug-likeness (QED) is 0.788. The normalized spacial score (nSPS) is 16.5. The number of nitrogens with zero attached hydrogens (tertiary/aromatic N) is 1. The van der Waals surface area contributed by atoms with Crippen LogP contribution < -0.4 is 10.6 Å². The molecule has 0 atom stereocenters. The molecule has 0 radical (unpaired) electrons. The van der Waals surface area contributed by atoms with Crippen LogP contribution in [-0.4, -0.2) is 16.6 Å². The fourth-order valence-corrected chi connectivity index (χ4v) is 3.06. The molecule has 0 bridgehead atoms. The summed E-state index contributed by atoms with van der Waals surface area (Å²) in [6.07, 6.45) is 1.42. The molecule has 1 amide bonds. The molecule has 98 valence electrons. The highest BCUT2D eigenvalue weighted by atomic mass is 32.1. The lowest BCUT2D eigenvalue weighted by molar-refractivity contribution is 0.0919. The fourth-order valence-electron chi connectivity index (χ4n) is 2.06. The number of aromatic nitrogens is 1. The van der Waals surface area contributed by atoms with Crippen LogP contribution in [0.4, 0.5) is 10.1 Å². The molecule has 0 fully saturated rings. The molecule has 0 unspecified atom stereocenters. The number of anilines is 1. The van der Waals surface area contributed by atoms with Crippen LogP contribution in [0.1, 0.15) is 23.5 Å². The van der Waals surface area contributed by atoms with E-state index in [2.05, 4.69) is 15.6 Å². The second kappa shape index (κ2) is 4.03. The van der Waals surface area contributed by atoms with Crippen LogP contribution in [-0.2, 0) is 0 Å². The summed E-state index contributed by atoms with van der Waals surface area (Å²) in [5, 5.41) is 6.10. The van der Waals surface area contributed by atoms with Crippen LogP contribution >= 0.6 is 11.3 Å². The molecular weight excluding hydrogens is 265 g/mol. The van der Waals surface area contributed by atoms with Gasteiger partial charge in [0, 0.05) is 17.1 Å². The van der Waals surface area contributed by atoms with Crippen LogP contribution in [0, 0.1) is 5.95 Å². The number of carbonyl (C=O) groups is 1. The second-order valence-corrected chi connectivity index (χ2v) is 5.98. The molecule has 6 heteroatoms. The lowest BCUT2D eigenvalue weighted by Crippen LogP contribution is -2.52. The number of halogens is 1. The number of amides is 1. The number of rotatable bonds is 1. The predicted molar refractivity (Wildman–Crippen MR) is 72.7 cm³/mol. The third-order valence-corrected chi connectivity index (χ3v) is 4.01. The van der Waals surface area contributed by atoms with E-state index in [0.29, 0.717) is 4.88 Å². The number of hydrogen-bond donors (Lipinski definition) is 2. The van der Waals surface area contributed by atoms with Crippen molar-refractivity contribution in [3.63, 3.8) is 0 Å². The highest BCUT2D eigenvalue weighted by Gasteiger charge is 2.31. The summed E-state index contributed by atoms with van der Waals surface area (Å²) in [4.78, 5) is 17.0. The largest absolute Gasteiger partial charge is 0.362 e. The minimum atomic E-state index is -0.526. The zero-order valence-electron chi connectivity index (χ0n) is 10.5. The maximum Gasteiger partial charge on any atom is 0.265 e. The lowest BCUT2D eigenvalue weighted by atomic mass is 10.1. The van der Waals surface area contributed by atoms with Gasteiger partial charge in [0.1, 0.15) is 10.5 Å². The first-order valence-corrected chi connectivity index (χ1v) is 6.63. The predicted octanol–water partition coefficient (Wildman–Crippen LogP) is 2.84. The standard InChI is InChI=1S/C13H12FN3OS/c1-13(2)16-8-6-9(19-11(8)12(18)17-13)7-3-4-15-10(14)5-7/h3-6,16H,1-2H3,(H,17,18). The van der Waals surface area contributed by atoms with E-state index in [4.69, 9.17) is 0 Å². The van der Waals surface area contributed by atoms with Crippen LogP contribution in [0.15, 0.2) is 24.4 Å². The Morgan fingerprint density at radius 3 is 2.84 bits per heavy atom. The summed E-state index contributed by atoms with van der Waals surface area (Å²) in [6, 6.07) is 4.96. The first-order valence-electron chi connectivity index (χ1n) is 5.81. The summed E-state index contributed by atoms with van der Waals surface area (Å²) >= 11 is 1.34. The molecule has 2 aromatic rings. The maximum atomic E-state index is 13.1. The van der Waals surface area contributed by atoms with Gasteiger partial charge in [0.2, 0.25) is 5.95 Å². The molecule has 2 N–H and O–H groups in total. The van der Waals surface area contributed by atoms with Gasteiger partial charge in [0.15, 0.2) is 0 Å². The molecular formula is C13H12FN3OS. The van der Waals surface area contributed by atoms with Crippen molar-refractivity contribution in [3.05, 3.63) is 35.2 Å². The average Bonchev–Trinajstić information content (AvgIpc) is 2.71. The van der Waals surface area contributed by atoms with E-state index in [1.807, 2.05) is 19.9 Å². The monoisotopic (exact) mass is 277 g/mol. The summed E-state index contributed by atoms with van der Waals surface area (Å²) in [5.41, 5.74) is 1.02. The van der Waals surface area contributed by atoms with Gasteiger partial charge in [0.25, 0.3) is 5.91 Å². The Hall–Kier alpha value is -1.95. The fraction of sp³-hybridized carbons (Fsp3) is 0.231. The van der Waals surface area contributed by atoms with E-state index < -0.39 is 11.6 Å². The molecule has 1 aliphatic heterocycles. The summed E-state index contributed by atoms with van der Waals surface area (Å²) in [7, 11) is 0. The minimum absolute atomic E-state index is 0.107. The molecule has 3 heterocycles. The molecule has 4 nitrogen and oxygen atoms in total. The molecule has 0 spiro atoms. The summed E-state index contributed by atoms with van der Waals surface area (Å²) in [6.45, 7) is 3.77. The van der Waals surface area contributed by atoms with Gasteiger partial charge in [-0.3, -0.25) is 4.79 Å². The smallest absolute Gasteiger partial charge is 0.265 e. The molecule has 0 saturated heterocycles. The van der Waals surface area contributed by atoms with E-state index in [1.54, 1.807) is 6.07 Å². The molecule has 19 heavy (non-hydrogen) atoms. The van der Waals surface area contributed by atoms with Gasteiger partial charge < -0.3 is 10.6 Å². The Morgan fingerprint density at radius 2 is 2.11 bits per heavy atom. The third kappa shape index (κ3) is 2.19. The first-order chi connectivity index (χ1) is 8.94. The Morgan fingerprint density at radius 1 is 1.32 bits per heavy atom. The number of pyridine rings is 1. The van der Waals surface area contributed by atoms with Crippen molar-refractivity contribution in [1.29, 1.82) is 0 Å². The SMILES string of the molecule is CC1(C)NC(=O)c2sc(-c3ccnc(F)c3)cc2N1. The molecule has 0 aliphatic carbocycles. The topological polar surface area (TPSA) is 54.0 Å². The van der Waals surface area contributed by atoms with E-state index in [0.717, 1.165) is 16.1 Å². The second-order valence-electron chi connectivity index (χ2n) is 4.92. The van der Waals surface area contributed by atoms with Crippen LogP contribution in [0.2, 0.25) is 0 Å². The highest BCUT2D eigenvalue weighted by molar-refractivity contribution is 7.18. The maximum absolute atomic E-state index is 13.1. The Bertz CT molecular complexity index is 666. The van der Waals surface area contributed by atoms with Crippen molar-refractivity contribution in [2.45, 2.75) is 19.5 Å². The Labute approximate surface area is 113 Å². The Balaban J connectivity index is 2.06. The number of nitrogens with one attached hydrogen (secondary N) is 2. The average molecular weight is 277 g/mol. The van der Waals surface area contributed by atoms with E-state index in [-0.39, 0.29) is 5.91 Å². The number of fused-ring (bicyclic) bond motifs is 1. The van der Waals surface area contributed by atoms with Crippen molar-refractivity contribution in [2.24, 2.45) is 0 Å². The van der Waals surface area contributed by atoms with Gasteiger partial charge in [0.05, 0.1) is 5.69 Å². The van der Waals surface area contributed by atoms with Gasteiger partial charge >= 0.3 is 0 Å². The molecule has 3 rings (SSSR count). The number of thiophene rings is 1. The minimum Gasteiger partial charge on any atom is -0.362 e. The van der Waals surface area contributed by atoms with E-state index >= 15 is 0 Å². The lowest BCUT2D eigenvalue weighted by Gasteiger charge is -2.32. The zero-order valence-corrected chi connectivity index (χ0v) is 11.3. The van der Waals surface area contributed by atoms with Crippen LogP contribution in [0.5, 0.6) is 0 Å². The van der Waals surface area contributed by atoms with Crippen molar-refractivity contribution in [1.82, 2.24) is 10.3 Å². The molecule has 2 aromatic heterocycles. The molecule has 1 aliphatic rings. The van der Waals surface area contributed by atoms with Crippen LogP contribution in [0.25, 0.3) is 10.4 Å². The van der Waals surface area contributed by atoms with Gasteiger partial charge in [-0.25, -0.2) is 4.98 Å². The first kappa shape index (κ1) is 12.1. The molecule has 0 saturated carbocycles.